The average molecular weight is 204 g/mol. The number of nitrogens with one attached hydrogen (secondary N) is 1. The van der Waals surface area contributed by atoms with E-state index in [9.17, 15) is 0 Å². The molecule has 0 aliphatic rings. The van der Waals surface area contributed by atoms with Crippen LogP contribution >= 0.6 is 0 Å². The predicted molar refractivity (Wildman–Crippen MR) is 65.9 cm³/mol. The van der Waals surface area contributed by atoms with Gasteiger partial charge in [-0.2, -0.15) is 0 Å². The van der Waals surface area contributed by atoms with Gasteiger partial charge in [-0.15, -0.1) is 0 Å². The molecule has 0 aliphatic heterocycles. The highest BCUT2D eigenvalue weighted by molar-refractivity contribution is 6.02. The van der Waals surface area contributed by atoms with Crippen molar-refractivity contribution in [2.45, 2.75) is 20.3 Å². The van der Waals surface area contributed by atoms with Crippen molar-refractivity contribution in [1.29, 1.82) is 5.41 Å². The van der Waals surface area contributed by atoms with Gasteiger partial charge in [0.1, 0.15) is 0 Å². The van der Waals surface area contributed by atoms with Crippen molar-refractivity contribution in [3.05, 3.63) is 34.9 Å². The zero-order valence-corrected chi connectivity index (χ0v) is 10.1. The fraction of sp³-hybridized carbons (Fsp3) is 0.462. The summed E-state index contributed by atoms with van der Waals surface area (Å²) in [4.78, 5) is 2.04. The van der Waals surface area contributed by atoms with E-state index in [4.69, 9.17) is 5.41 Å². The van der Waals surface area contributed by atoms with Gasteiger partial charge in [0.05, 0.1) is 5.71 Å². The van der Waals surface area contributed by atoms with E-state index in [0.29, 0.717) is 6.54 Å². The Morgan fingerprint density at radius 2 is 2.00 bits per heavy atom. The predicted octanol–water partition coefficient (Wildman–Crippen LogP) is 2.49. The molecule has 1 aromatic carbocycles. The SMILES string of the molecule is CCc1cccc(C)c1C(=N)CN(C)C. The van der Waals surface area contributed by atoms with Crippen molar-refractivity contribution in [3.63, 3.8) is 0 Å². The number of nitrogens with zero attached hydrogens (tertiary/aromatic N) is 1. The van der Waals surface area contributed by atoms with Gasteiger partial charge in [0, 0.05) is 12.1 Å². The van der Waals surface area contributed by atoms with Gasteiger partial charge in [0.25, 0.3) is 0 Å². The molecule has 1 N–H and O–H groups in total. The Labute approximate surface area is 92.4 Å². The number of hydrogen-bond donors (Lipinski definition) is 1. The molecule has 0 saturated heterocycles. The third-order valence-electron chi connectivity index (χ3n) is 2.52. The summed E-state index contributed by atoms with van der Waals surface area (Å²) in [6, 6.07) is 6.27. The molecule has 2 heteroatoms. The lowest BCUT2D eigenvalue weighted by Gasteiger charge is -2.15. The van der Waals surface area contributed by atoms with Crippen LogP contribution in [0.15, 0.2) is 18.2 Å². The van der Waals surface area contributed by atoms with Crippen LogP contribution in [0.2, 0.25) is 0 Å². The Morgan fingerprint density at radius 3 is 2.53 bits per heavy atom. The van der Waals surface area contributed by atoms with E-state index in [0.717, 1.165) is 17.7 Å². The molecule has 0 fully saturated rings. The fourth-order valence-corrected chi connectivity index (χ4v) is 1.85. The Hall–Kier alpha value is -1.15. The molecule has 0 heterocycles. The lowest BCUT2D eigenvalue weighted by Crippen LogP contribution is -2.23. The average Bonchev–Trinajstić information content (AvgIpc) is 2.15. The minimum atomic E-state index is 0.706. The molecular weight excluding hydrogens is 184 g/mol. The largest absolute Gasteiger partial charge is 0.304 e. The van der Waals surface area contributed by atoms with Crippen molar-refractivity contribution in [2.24, 2.45) is 0 Å². The van der Waals surface area contributed by atoms with Crippen LogP contribution in [0.5, 0.6) is 0 Å². The third kappa shape index (κ3) is 2.90. The maximum atomic E-state index is 8.10. The zero-order chi connectivity index (χ0) is 11.4. The molecule has 0 aromatic heterocycles. The second kappa shape index (κ2) is 5.08. The molecule has 0 bridgehead atoms. The minimum absolute atomic E-state index is 0.706. The first-order chi connectivity index (χ1) is 7.06. The van der Waals surface area contributed by atoms with Crippen LogP contribution in [0.3, 0.4) is 0 Å². The molecule has 15 heavy (non-hydrogen) atoms. The first-order valence-corrected chi connectivity index (χ1v) is 5.37. The van der Waals surface area contributed by atoms with Crippen LogP contribution in [0, 0.1) is 12.3 Å². The van der Waals surface area contributed by atoms with Gasteiger partial charge in [-0.1, -0.05) is 25.1 Å². The second-order valence-corrected chi connectivity index (χ2v) is 4.18. The lowest BCUT2D eigenvalue weighted by atomic mass is 9.96. The van der Waals surface area contributed by atoms with Gasteiger partial charge in [0.15, 0.2) is 0 Å². The van der Waals surface area contributed by atoms with Crippen LogP contribution in [-0.2, 0) is 6.42 Å². The summed E-state index contributed by atoms with van der Waals surface area (Å²) >= 11 is 0. The Kier molecular flexibility index (Phi) is 4.04. The fourth-order valence-electron chi connectivity index (χ4n) is 1.85. The highest BCUT2D eigenvalue weighted by Crippen LogP contribution is 2.15. The summed E-state index contributed by atoms with van der Waals surface area (Å²) in [5, 5.41) is 8.10. The van der Waals surface area contributed by atoms with Crippen molar-refractivity contribution < 1.29 is 0 Å². The molecule has 1 rings (SSSR count). The molecule has 0 amide bonds. The molecule has 2 nitrogen and oxygen atoms in total. The Morgan fingerprint density at radius 1 is 1.33 bits per heavy atom. The molecule has 0 saturated carbocycles. The summed E-state index contributed by atoms with van der Waals surface area (Å²) < 4.78 is 0. The summed E-state index contributed by atoms with van der Waals surface area (Å²) in [6.07, 6.45) is 0.993. The van der Waals surface area contributed by atoms with E-state index in [2.05, 4.69) is 32.0 Å². The maximum absolute atomic E-state index is 8.10. The summed E-state index contributed by atoms with van der Waals surface area (Å²) in [5.74, 6) is 0. The Bertz CT molecular complexity index is 354. The van der Waals surface area contributed by atoms with Gasteiger partial charge in [-0.05, 0) is 38.6 Å². The molecule has 0 atom stereocenters. The first kappa shape index (κ1) is 11.9. The number of benzene rings is 1. The molecule has 0 spiro atoms. The summed E-state index contributed by atoms with van der Waals surface area (Å²) in [6.45, 7) is 4.93. The number of aryl methyl sites for hydroxylation is 2. The van der Waals surface area contributed by atoms with Crippen molar-refractivity contribution in [2.75, 3.05) is 20.6 Å². The molecule has 0 aliphatic carbocycles. The summed E-state index contributed by atoms with van der Waals surface area (Å²) in [7, 11) is 4.00. The van der Waals surface area contributed by atoms with Gasteiger partial charge in [-0.25, -0.2) is 0 Å². The van der Waals surface area contributed by atoms with Gasteiger partial charge < -0.3 is 10.3 Å². The third-order valence-corrected chi connectivity index (χ3v) is 2.52. The number of rotatable bonds is 4. The van der Waals surface area contributed by atoms with E-state index in [1.54, 1.807) is 0 Å². The number of likely N-dealkylation sites (N-methyl/N-ethyl adjacent to an activating group) is 1. The molecule has 1 aromatic rings. The van der Waals surface area contributed by atoms with Crippen LogP contribution in [0.25, 0.3) is 0 Å². The zero-order valence-electron chi connectivity index (χ0n) is 10.1. The van der Waals surface area contributed by atoms with Crippen LogP contribution in [0.4, 0.5) is 0 Å². The molecule has 82 valence electrons. The van der Waals surface area contributed by atoms with E-state index in [1.165, 1.54) is 11.1 Å². The highest BCUT2D eigenvalue weighted by atomic mass is 15.1. The van der Waals surface area contributed by atoms with Crippen molar-refractivity contribution in [1.82, 2.24) is 4.90 Å². The lowest BCUT2D eigenvalue weighted by molar-refractivity contribution is 0.469. The topological polar surface area (TPSA) is 27.1 Å². The van der Waals surface area contributed by atoms with Gasteiger partial charge in [-0.3, -0.25) is 0 Å². The quantitative estimate of drug-likeness (QED) is 0.749. The van der Waals surface area contributed by atoms with E-state index < -0.39 is 0 Å². The maximum Gasteiger partial charge on any atom is 0.0531 e. The smallest absolute Gasteiger partial charge is 0.0531 e. The molecule has 0 radical (unpaired) electrons. The molecule has 0 unspecified atom stereocenters. The van der Waals surface area contributed by atoms with Crippen LogP contribution in [0.1, 0.15) is 23.6 Å². The minimum Gasteiger partial charge on any atom is -0.304 e. The monoisotopic (exact) mass is 204 g/mol. The van der Waals surface area contributed by atoms with E-state index >= 15 is 0 Å². The van der Waals surface area contributed by atoms with Crippen molar-refractivity contribution in [3.8, 4) is 0 Å². The standard InChI is InChI=1S/C13H20N2/c1-5-11-8-6-7-10(2)13(11)12(14)9-15(3)4/h6-8,14H,5,9H2,1-4H3. The van der Waals surface area contributed by atoms with Crippen molar-refractivity contribution >= 4 is 5.71 Å². The van der Waals surface area contributed by atoms with Crippen LogP contribution in [-0.4, -0.2) is 31.3 Å². The molecular formula is C13H20N2. The summed E-state index contributed by atoms with van der Waals surface area (Å²) in [5.41, 5.74) is 4.34. The Balaban J connectivity index is 3.06. The van der Waals surface area contributed by atoms with Gasteiger partial charge >= 0.3 is 0 Å². The normalized spacial score (nSPS) is 10.7. The van der Waals surface area contributed by atoms with Crippen LogP contribution < -0.4 is 0 Å². The van der Waals surface area contributed by atoms with E-state index in [1.807, 2.05) is 19.0 Å². The first-order valence-electron chi connectivity index (χ1n) is 5.37. The second-order valence-electron chi connectivity index (χ2n) is 4.18. The number of hydrogen-bond acceptors (Lipinski definition) is 2. The van der Waals surface area contributed by atoms with Gasteiger partial charge in [0.2, 0.25) is 0 Å². The highest BCUT2D eigenvalue weighted by Gasteiger charge is 2.10. The van der Waals surface area contributed by atoms with E-state index in [-0.39, 0.29) is 0 Å².